The molecule has 1 unspecified atom stereocenters. The summed E-state index contributed by atoms with van der Waals surface area (Å²) in [7, 11) is 1.67. The number of nitrogens with two attached hydrogens (primary N) is 1. The molecule has 1 rings (SSSR count). The maximum absolute atomic E-state index is 13.5. The number of ether oxygens (including phenoxy) is 1. The Hall–Kier alpha value is -0.450. The Morgan fingerprint density at radius 1 is 1.50 bits per heavy atom. The lowest BCUT2D eigenvalue weighted by atomic mass is 10.0. The van der Waals surface area contributed by atoms with Gasteiger partial charge in [-0.15, -0.1) is 0 Å². The van der Waals surface area contributed by atoms with Crippen molar-refractivity contribution in [2.45, 2.75) is 25.3 Å². The van der Waals surface area contributed by atoms with E-state index in [1.165, 1.54) is 6.07 Å². The minimum Gasteiger partial charge on any atom is -0.385 e. The zero-order chi connectivity index (χ0) is 12.0. The highest BCUT2D eigenvalue weighted by Gasteiger charge is 2.08. The zero-order valence-electron chi connectivity index (χ0n) is 9.38. The van der Waals surface area contributed by atoms with Gasteiger partial charge in [-0.05, 0) is 37.0 Å². The Morgan fingerprint density at radius 2 is 2.25 bits per heavy atom. The summed E-state index contributed by atoms with van der Waals surface area (Å²) in [5, 5.41) is 0. The van der Waals surface area contributed by atoms with E-state index in [9.17, 15) is 4.39 Å². The van der Waals surface area contributed by atoms with E-state index in [1.54, 1.807) is 13.2 Å². The van der Waals surface area contributed by atoms with E-state index in [2.05, 4.69) is 15.9 Å². The molecule has 0 amide bonds. The van der Waals surface area contributed by atoms with Crippen LogP contribution in [0.1, 0.15) is 18.4 Å². The van der Waals surface area contributed by atoms with Crippen molar-refractivity contribution < 1.29 is 9.13 Å². The Bertz CT molecular complexity index is 333. The van der Waals surface area contributed by atoms with Gasteiger partial charge in [0.25, 0.3) is 0 Å². The van der Waals surface area contributed by atoms with Crippen LogP contribution in [-0.2, 0) is 11.2 Å². The van der Waals surface area contributed by atoms with E-state index in [1.807, 2.05) is 6.07 Å². The lowest BCUT2D eigenvalue weighted by molar-refractivity contribution is 0.190. The highest BCUT2D eigenvalue weighted by molar-refractivity contribution is 9.10. The molecule has 16 heavy (non-hydrogen) atoms. The smallest absolute Gasteiger partial charge is 0.127 e. The molecular formula is C12H17BrFNO. The van der Waals surface area contributed by atoms with Crippen LogP contribution in [0.4, 0.5) is 4.39 Å². The number of benzene rings is 1. The van der Waals surface area contributed by atoms with Crippen LogP contribution in [0.15, 0.2) is 22.7 Å². The average molecular weight is 290 g/mol. The highest BCUT2D eigenvalue weighted by Crippen LogP contribution is 2.17. The highest BCUT2D eigenvalue weighted by atomic mass is 79.9. The molecule has 1 atom stereocenters. The second-order valence-corrected chi connectivity index (χ2v) is 4.75. The van der Waals surface area contributed by atoms with Gasteiger partial charge in [0.05, 0.1) is 0 Å². The van der Waals surface area contributed by atoms with Gasteiger partial charge in [0.1, 0.15) is 5.82 Å². The molecule has 0 bridgehead atoms. The van der Waals surface area contributed by atoms with Crippen molar-refractivity contribution in [3.63, 3.8) is 0 Å². The third kappa shape index (κ3) is 4.60. The average Bonchev–Trinajstić information content (AvgIpc) is 2.23. The molecule has 1 aromatic carbocycles. The molecule has 1 aromatic rings. The second kappa shape index (κ2) is 6.99. The van der Waals surface area contributed by atoms with Gasteiger partial charge in [-0.25, -0.2) is 4.39 Å². The van der Waals surface area contributed by atoms with E-state index in [0.29, 0.717) is 18.6 Å². The Kier molecular flexibility index (Phi) is 5.95. The number of hydrogen-bond acceptors (Lipinski definition) is 2. The van der Waals surface area contributed by atoms with Crippen LogP contribution >= 0.6 is 15.9 Å². The fraction of sp³-hybridized carbons (Fsp3) is 0.500. The zero-order valence-corrected chi connectivity index (χ0v) is 11.0. The predicted molar refractivity (Wildman–Crippen MR) is 66.9 cm³/mol. The molecule has 4 heteroatoms. The van der Waals surface area contributed by atoms with E-state index in [-0.39, 0.29) is 11.9 Å². The number of hydrogen-bond donors (Lipinski definition) is 1. The molecule has 0 saturated heterocycles. The van der Waals surface area contributed by atoms with Crippen molar-refractivity contribution in [3.05, 3.63) is 34.1 Å². The van der Waals surface area contributed by atoms with Crippen molar-refractivity contribution >= 4 is 15.9 Å². The Morgan fingerprint density at radius 3 is 2.88 bits per heavy atom. The van der Waals surface area contributed by atoms with Crippen LogP contribution in [0.5, 0.6) is 0 Å². The van der Waals surface area contributed by atoms with E-state index in [4.69, 9.17) is 10.5 Å². The van der Waals surface area contributed by atoms with E-state index in [0.717, 1.165) is 17.3 Å². The summed E-state index contributed by atoms with van der Waals surface area (Å²) in [5.74, 6) is -0.198. The van der Waals surface area contributed by atoms with Crippen molar-refractivity contribution in [3.8, 4) is 0 Å². The molecule has 0 radical (unpaired) electrons. The molecule has 0 spiro atoms. The van der Waals surface area contributed by atoms with Gasteiger partial charge in [-0.3, -0.25) is 0 Å². The van der Waals surface area contributed by atoms with Crippen LogP contribution in [0.3, 0.4) is 0 Å². The summed E-state index contributed by atoms with van der Waals surface area (Å²) in [6.07, 6.45) is 2.34. The first kappa shape index (κ1) is 13.6. The summed E-state index contributed by atoms with van der Waals surface area (Å²) < 4.78 is 19.2. The van der Waals surface area contributed by atoms with E-state index >= 15 is 0 Å². The minimum absolute atomic E-state index is 0.00849. The molecule has 0 aliphatic carbocycles. The summed E-state index contributed by atoms with van der Waals surface area (Å²) >= 11 is 3.23. The van der Waals surface area contributed by atoms with Crippen LogP contribution in [-0.4, -0.2) is 19.8 Å². The van der Waals surface area contributed by atoms with Gasteiger partial charge in [-0.2, -0.15) is 0 Å². The summed E-state index contributed by atoms with van der Waals surface area (Å²) in [4.78, 5) is 0. The molecule has 90 valence electrons. The van der Waals surface area contributed by atoms with Gasteiger partial charge in [0.2, 0.25) is 0 Å². The first-order valence-corrected chi connectivity index (χ1v) is 6.11. The van der Waals surface area contributed by atoms with Crippen LogP contribution in [0.25, 0.3) is 0 Å². The van der Waals surface area contributed by atoms with Gasteiger partial charge in [-0.1, -0.05) is 22.0 Å². The number of rotatable bonds is 6. The van der Waals surface area contributed by atoms with Gasteiger partial charge < -0.3 is 10.5 Å². The minimum atomic E-state index is -0.198. The number of halogens is 2. The number of methoxy groups -OCH3 is 1. The van der Waals surface area contributed by atoms with Crippen molar-refractivity contribution in [2.24, 2.45) is 5.73 Å². The molecule has 0 aliphatic heterocycles. The van der Waals surface area contributed by atoms with Crippen molar-refractivity contribution in [2.75, 3.05) is 13.7 Å². The van der Waals surface area contributed by atoms with Crippen LogP contribution in [0, 0.1) is 5.82 Å². The summed E-state index contributed by atoms with van der Waals surface area (Å²) in [6.45, 7) is 0.705. The standard InChI is InChI=1S/C12H17BrFNO/c1-16-6-2-3-11(15)7-9-4-5-10(13)8-12(9)14/h4-5,8,11H,2-3,6-7,15H2,1H3. The summed E-state index contributed by atoms with van der Waals surface area (Å²) in [5.41, 5.74) is 6.59. The van der Waals surface area contributed by atoms with Gasteiger partial charge in [0, 0.05) is 24.2 Å². The molecule has 2 N–H and O–H groups in total. The van der Waals surface area contributed by atoms with Crippen molar-refractivity contribution in [1.29, 1.82) is 0 Å². The SMILES string of the molecule is COCCCC(N)Cc1ccc(Br)cc1F. The normalized spacial score (nSPS) is 12.8. The molecule has 0 aromatic heterocycles. The maximum atomic E-state index is 13.5. The largest absolute Gasteiger partial charge is 0.385 e. The van der Waals surface area contributed by atoms with Gasteiger partial charge >= 0.3 is 0 Å². The monoisotopic (exact) mass is 289 g/mol. The fourth-order valence-electron chi connectivity index (χ4n) is 1.56. The molecular weight excluding hydrogens is 273 g/mol. The molecule has 0 heterocycles. The fourth-order valence-corrected chi connectivity index (χ4v) is 1.89. The second-order valence-electron chi connectivity index (χ2n) is 3.83. The molecule has 2 nitrogen and oxygen atoms in total. The first-order chi connectivity index (χ1) is 7.63. The predicted octanol–water partition coefficient (Wildman–Crippen LogP) is 2.88. The first-order valence-electron chi connectivity index (χ1n) is 5.32. The van der Waals surface area contributed by atoms with Gasteiger partial charge in [0.15, 0.2) is 0 Å². The Labute approximate surface area is 104 Å². The summed E-state index contributed by atoms with van der Waals surface area (Å²) in [6, 6.07) is 5.07. The maximum Gasteiger partial charge on any atom is 0.127 e. The quantitative estimate of drug-likeness (QED) is 0.818. The molecule has 0 fully saturated rings. The third-order valence-electron chi connectivity index (χ3n) is 2.42. The molecule has 0 aliphatic rings. The van der Waals surface area contributed by atoms with Crippen LogP contribution < -0.4 is 5.73 Å². The third-order valence-corrected chi connectivity index (χ3v) is 2.91. The lowest BCUT2D eigenvalue weighted by Gasteiger charge is -2.12. The topological polar surface area (TPSA) is 35.2 Å². The van der Waals surface area contributed by atoms with Crippen LogP contribution in [0.2, 0.25) is 0 Å². The van der Waals surface area contributed by atoms with Crippen molar-refractivity contribution in [1.82, 2.24) is 0 Å². The van der Waals surface area contributed by atoms with E-state index < -0.39 is 0 Å². The molecule has 0 saturated carbocycles. The Balaban J connectivity index is 2.46. The lowest BCUT2D eigenvalue weighted by Crippen LogP contribution is -2.23.